The van der Waals surface area contributed by atoms with E-state index in [1.54, 1.807) is 0 Å². The van der Waals surface area contributed by atoms with Gasteiger partial charge in [-0.1, -0.05) is 29.8 Å². The van der Waals surface area contributed by atoms with Gasteiger partial charge in [0.15, 0.2) is 0 Å². The van der Waals surface area contributed by atoms with Gasteiger partial charge in [0.25, 0.3) is 0 Å². The maximum atomic E-state index is 9.87. The van der Waals surface area contributed by atoms with Crippen LogP contribution < -0.4 is 0 Å². The van der Waals surface area contributed by atoms with E-state index in [0.29, 0.717) is 0 Å². The number of aliphatic hydroxyl groups excluding tert-OH is 2. The zero-order chi connectivity index (χ0) is 17.5. The van der Waals surface area contributed by atoms with Crippen molar-refractivity contribution < 1.29 is 35.4 Å². The van der Waals surface area contributed by atoms with Gasteiger partial charge < -0.3 is 10.2 Å². The molecule has 0 heterocycles. The van der Waals surface area contributed by atoms with E-state index in [0.717, 1.165) is 17.3 Å². The van der Waals surface area contributed by atoms with Gasteiger partial charge in [0.2, 0.25) is 0 Å². The molecular weight excluding hydrogens is 353 g/mol. The number of hydrogen-bond donors (Lipinski definition) is 2. The second kappa shape index (κ2) is 7.38. The molecule has 0 fully saturated rings. The molecule has 0 aliphatic heterocycles. The predicted molar refractivity (Wildman–Crippen MR) is 79.7 cm³/mol. The molecule has 22 heavy (non-hydrogen) atoms. The Morgan fingerprint density at radius 2 is 1.23 bits per heavy atom. The Kier molecular flexibility index (Phi) is 7.21. The Morgan fingerprint density at radius 1 is 0.864 bits per heavy atom. The number of halogens is 6. The molecule has 1 aromatic rings. The first-order valence-electron chi connectivity index (χ1n) is 6.19. The first-order valence-corrected chi connectivity index (χ1v) is 9.95. The van der Waals surface area contributed by atoms with Crippen molar-refractivity contribution in [2.45, 2.75) is 12.7 Å². The van der Waals surface area contributed by atoms with E-state index in [4.69, 9.17) is 10.2 Å². The molecule has 0 spiro atoms. The van der Waals surface area contributed by atoms with Crippen molar-refractivity contribution in [1.29, 1.82) is 0 Å². The third-order valence-electron chi connectivity index (χ3n) is 2.25. The van der Waals surface area contributed by atoms with Crippen molar-refractivity contribution in [3.63, 3.8) is 0 Å². The minimum atomic E-state index is -10.7. The standard InChI is InChI=1S/C12H19O2S.F6P/c1-11-2-4-12(5-3-11)10-15(8-6-13)9-7-14;1-7(2,3,4,5)6/h2-5,13-14H,6-10H2,1H3;/q+1;-1. The van der Waals surface area contributed by atoms with Gasteiger partial charge in [0.05, 0.1) is 13.2 Å². The Labute approximate surface area is 127 Å². The third-order valence-corrected chi connectivity index (χ3v) is 4.51. The summed E-state index contributed by atoms with van der Waals surface area (Å²) < 4.78 is 59.2. The fraction of sp³-hybridized carbons (Fsp3) is 0.500. The van der Waals surface area contributed by atoms with Gasteiger partial charge in [-0.15, -0.1) is 0 Å². The Hall–Kier alpha value is -0.500. The van der Waals surface area contributed by atoms with Crippen LogP contribution in [0.3, 0.4) is 0 Å². The summed E-state index contributed by atoms with van der Waals surface area (Å²) in [7, 11) is -10.5. The van der Waals surface area contributed by atoms with Crippen LogP contribution >= 0.6 is 7.81 Å². The Morgan fingerprint density at radius 3 is 1.55 bits per heavy atom. The second-order valence-corrected chi connectivity index (χ2v) is 8.80. The first-order chi connectivity index (χ1) is 9.71. The molecule has 10 heteroatoms. The zero-order valence-corrected chi connectivity index (χ0v) is 13.6. The van der Waals surface area contributed by atoms with Crippen molar-refractivity contribution in [3.05, 3.63) is 35.4 Å². The van der Waals surface area contributed by atoms with Crippen LogP contribution in [-0.2, 0) is 16.6 Å². The predicted octanol–water partition coefficient (Wildman–Crippen LogP) is 4.48. The monoisotopic (exact) mass is 372 g/mol. The van der Waals surface area contributed by atoms with Gasteiger partial charge >= 0.3 is 33.0 Å². The molecule has 0 aliphatic rings. The number of hydrogen-bond acceptors (Lipinski definition) is 2. The molecule has 1 rings (SSSR count). The fourth-order valence-electron chi connectivity index (χ4n) is 1.42. The number of rotatable bonds is 6. The molecule has 2 N–H and O–H groups in total. The van der Waals surface area contributed by atoms with E-state index in [1.807, 2.05) is 0 Å². The molecule has 1 aromatic carbocycles. The van der Waals surface area contributed by atoms with Crippen molar-refractivity contribution in [2.75, 3.05) is 24.7 Å². The van der Waals surface area contributed by atoms with Crippen LogP contribution in [0.25, 0.3) is 0 Å². The zero-order valence-electron chi connectivity index (χ0n) is 11.9. The molecular formula is C12H19F6O2PS. The molecule has 0 unspecified atom stereocenters. The van der Waals surface area contributed by atoms with Gasteiger partial charge in [-0.05, 0) is 17.8 Å². The van der Waals surface area contributed by atoms with E-state index in [1.165, 1.54) is 11.1 Å². The van der Waals surface area contributed by atoms with Crippen molar-refractivity contribution >= 4 is 18.7 Å². The SMILES string of the molecule is Cc1ccc(C[S+](CCO)CCO)cc1.F[P-](F)(F)(F)(F)F. The van der Waals surface area contributed by atoms with Crippen LogP contribution in [0.5, 0.6) is 0 Å². The summed E-state index contributed by atoms with van der Waals surface area (Å²) in [6.07, 6.45) is 0. The van der Waals surface area contributed by atoms with Crippen LogP contribution in [0, 0.1) is 6.92 Å². The summed E-state index contributed by atoms with van der Waals surface area (Å²) in [4.78, 5) is 0. The van der Waals surface area contributed by atoms with Crippen LogP contribution in [-0.4, -0.2) is 34.9 Å². The molecule has 2 nitrogen and oxygen atoms in total. The molecule has 0 atom stereocenters. The van der Waals surface area contributed by atoms with E-state index >= 15 is 0 Å². The quantitative estimate of drug-likeness (QED) is 0.439. The second-order valence-electron chi connectivity index (χ2n) is 4.56. The molecule has 132 valence electrons. The van der Waals surface area contributed by atoms with Crippen LogP contribution in [0.2, 0.25) is 0 Å². The average Bonchev–Trinajstić information content (AvgIpc) is 2.29. The number of benzene rings is 1. The molecule has 0 saturated heterocycles. The first kappa shape index (κ1) is 21.5. The summed E-state index contributed by atoms with van der Waals surface area (Å²) >= 11 is 0. The normalized spacial score (nSPS) is 14.8. The van der Waals surface area contributed by atoms with E-state index < -0.39 is 7.81 Å². The topological polar surface area (TPSA) is 40.5 Å². The number of aryl methyl sites for hydroxylation is 1. The summed E-state index contributed by atoms with van der Waals surface area (Å²) in [5.41, 5.74) is 2.56. The summed E-state index contributed by atoms with van der Waals surface area (Å²) in [5, 5.41) is 17.8. The van der Waals surface area contributed by atoms with E-state index in [9.17, 15) is 25.2 Å². The van der Waals surface area contributed by atoms with Gasteiger partial charge in [-0.25, -0.2) is 0 Å². The van der Waals surface area contributed by atoms with Crippen LogP contribution in [0.1, 0.15) is 11.1 Å². The van der Waals surface area contributed by atoms with E-state index in [-0.39, 0.29) is 24.1 Å². The maximum absolute atomic E-state index is 10.7. The molecule has 0 aliphatic carbocycles. The third kappa shape index (κ3) is 17.6. The van der Waals surface area contributed by atoms with Crippen molar-refractivity contribution in [1.82, 2.24) is 0 Å². The average molecular weight is 372 g/mol. The van der Waals surface area contributed by atoms with Crippen LogP contribution in [0.15, 0.2) is 24.3 Å². The van der Waals surface area contributed by atoms with Gasteiger partial charge in [-0.2, -0.15) is 0 Å². The van der Waals surface area contributed by atoms with Crippen LogP contribution in [0.4, 0.5) is 25.2 Å². The number of aliphatic hydroxyl groups is 2. The van der Waals surface area contributed by atoms with Gasteiger partial charge in [0, 0.05) is 5.56 Å². The molecule has 0 saturated carbocycles. The van der Waals surface area contributed by atoms with Crippen molar-refractivity contribution in [2.24, 2.45) is 0 Å². The fourth-order valence-corrected chi connectivity index (χ4v) is 3.10. The van der Waals surface area contributed by atoms with Gasteiger partial charge in [-0.3, -0.25) is 0 Å². The summed E-state index contributed by atoms with van der Waals surface area (Å²) in [6.45, 7) is 2.51. The Balaban J connectivity index is 0.000000534. The molecule has 0 amide bonds. The van der Waals surface area contributed by atoms with Crippen molar-refractivity contribution in [3.8, 4) is 0 Å². The molecule has 0 aromatic heterocycles. The van der Waals surface area contributed by atoms with E-state index in [2.05, 4.69) is 31.2 Å². The van der Waals surface area contributed by atoms with Gasteiger partial charge in [0.1, 0.15) is 17.3 Å². The Bertz CT molecular complexity index is 430. The summed E-state index contributed by atoms with van der Waals surface area (Å²) in [5.74, 6) is 2.57. The molecule has 0 bridgehead atoms. The minimum absolute atomic E-state index is 0.118. The summed E-state index contributed by atoms with van der Waals surface area (Å²) in [6, 6.07) is 8.47. The molecule has 0 radical (unpaired) electrons.